The van der Waals surface area contributed by atoms with Gasteiger partial charge in [0.2, 0.25) is 21.8 Å². The Balaban J connectivity index is 1.07. The summed E-state index contributed by atoms with van der Waals surface area (Å²) in [6.07, 6.45) is 14.1. The van der Waals surface area contributed by atoms with Crippen LogP contribution in [0.4, 0.5) is 9.18 Å². The summed E-state index contributed by atoms with van der Waals surface area (Å²) in [4.78, 5) is 64.0. The highest BCUT2D eigenvalue weighted by atomic mass is 32.2. The third kappa shape index (κ3) is 8.10. The van der Waals surface area contributed by atoms with E-state index in [0.29, 0.717) is 62.0 Å². The van der Waals surface area contributed by atoms with Crippen molar-refractivity contribution < 1.29 is 36.7 Å². The molecule has 4 fully saturated rings. The number of carbonyl (C=O) groups is 4. The number of amides is 5. The number of ether oxygens (including phenoxy) is 1. The SMILES string of the molecule is CC1(S(=O)(=O)NC(=O)[C@@]23C[C@H]2C=CCCCCC[C@H](NC(=O)NC2CCCCC2)C(=O)N2C[C@@]4(CCc5c(c(-c6cccc(F)c6)nc6ccccc56)O4)C[C@H]2C(=O)N3)CC1. The van der Waals surface area contributed by atoms with Crippen molar-refractivity contribution in [2.45, 2.75) is 144 Å². The van der Waals surface area contributed by atoms with Crippen LogP contribution in [0.3, 0.4) is 0 Å². The normalized spacial score (nSPS) is 28.9. The predicted octanol–water partition coefficient (Wildman–Crippen LogP) is 6.10. The van der Waals surface area contributed by atoms with Crippen molar-refractivity contribution >= 4 is 44.7 Å². The summed E-state index contributed by atoms with van der Waals surface area (Å²) in [7, 11) is -4.02. The lowest BCUT2D eigenvalue weighted by atomic mass is 9.86. The summed E-state index contributed by atoms with van der Waals surface area (Å²) in [5.41, 5.74) is -0.0576. The van der Waals surface area contributed by atoms with E-state index < -0.39 is 73.5 Å². The molecule has 4 heterocycles. The summed E-state index contributed by atoms with van der Waals surface area (Å²) in [6, 6.07) is 11.3. The van der Waals surface area contributed by atoms with Gasteiger partial charge in [0.15, 0.2) is 0 Å². The number of pyridine rings is 1. The Morgan fingerprint density at radius 3 is 2.49 bits per heavy atom. The van der Waals surface area contributed by atoms with Gasteiger partial charge < -0.3 is 25.6 Å². The first kappa shape index (κ1) is 41.3. The summed E-state index contributed by atoms with van der Waals surface area (Å²) < 4.78 is 49.7. The second-order valence-corrected chi connectivity index (χ2v) is 20.7. The van der Waals surface area contributed by atoms with Crippen LogP contribution in [-0.2, 0) is 30.8 Å². The van der Waals surface area contributed by atoms with Gasteiger partial charge in [0, 0.05) is 34.9 Å². The maximum atomic E-state index is 15.0. The number of hydrogen-bond acceptors (Lipinski definition) is 8. The topological polar surface area (TPSA) is 176 Å². The fraction of sp³-hybridized carbons (Fsp3) is 0.543. The molecule has 3 aromatic rings. The van der Waals surface area contributed by atoms with Gasteiger partial charge in [-0.3, -0.25) is 19.1 Å². The van der Waals surface area contributed by atoms with Gasteiger partial charge in [-0.25, -0.2) is 22.6 Å². The third-order valence-corrected chi connectivity index (χ3v) is 16.2. The van der Waals surface area contributed by atoms with Crippen LogP contribution in [-0.4, -0.2) is 82.6 Å². The molecular formula is C46H55FN6O7S. The van der Waals surface area contributed by atoms with Crippen LogP contribution in [0.5, 0.6) is 5.75 Å². The fourth-order valence-electron chi connectivity index (χ4n) is 9.94. The number of aryl methyl sites for hydroxylation is 1. The first-order valence-corrected chi connectivity index (χ1v) is 23.6. The summed E-state index contributed by atoms with van der Waals surface area (Å²) in [6.45, 7) is 1.60. The molecule has 9 rings (SSSR count). The van der Waals surface area contributed by atoms with Gasteiger partial charge in [0.1, 0.15) is 40.5 Å². The zero-order chi connectivity index (χ0) is 42.6. The summed E-state index contributed by atoms with van der Waals surface area (Å²) >= 11 is 0. The average Bonchev–Trinajstić information content (AvgIpc) is 4.14. The quantitative estimate of drug-likeness (QED) is 0.215. The molecule has 3 aliphatic carbocycles. The summed E-state index contributed by atoms with van der Waals surface area (Å²) in [5, 5.41) is 9.92. The van der Waals surface area contributed by atoms with E-state index in [0.717, 1.165) is 61.4 Å². The third-order valence-electron chi connectivity index (χ3n) is 14.1. The molecule has 61 heavy (non-hydrogen) atoms. The van der Waals surface area contributed by atoms with Crippen molar-refractivity contribution in [1.29, 1.82) is 0 Å². The van der Waals surface area contributed by atoms with Gasteiger partial charge in [0.05, 0.1) is 16.8 Å². The van der Waals surface area contributed by atoms with Crippen LogP contribution in [0.25, 0.3) is 22.2 Å². The Kier molecular flexibility index (Phi) is 10.8. The van der Waals surface area contributed by atoms with E-state index in [-0.39, 0.29) is 25.4 Å². The van der Waals surface area contributed by atoms with Crippen molar-refractivity contribution in [2.24, 2.45) is 5.92 Å². The van der Waals surface area contributed by atoms with Gasteiger partial charge in [-0.05, 0) is 89.3 Å². The molecule has 5 atom stereocenters. The molecular weight excluding hydrogens is 800 g/mol. The van der Waals surface area contributed by atoms with E-state index >= 15 is 4.79 Å². The van der Waals surface area contributed by atoms with Crippen molar-refractivity contribution in [3.8, 4) is 17.0 Å². The number of para-hydroxylation sites is 1. The van der Waals surface area contributed by atoms with E-state index in [4.69, 9.17) is 9.72 Å². The molecule has 0 unspecified atom stereocenters. The maximum Gasteiger partial charge on any atom is 0.315 e. The molecule has 1 spiro atoms. The number of allylic oxidation sites excluding steroid dienone is 1. The standard InChI is InChI=1S/C46H55FN6O7S/c1-44(23-24-44)61(58,59)52-42(56)46-26-30(46)14-6-3-2-4-9-20-36(50-43(57)48-32-16-7-5-8-17-32)41(55)53-28-45(27-37(53)40(54)51-46)22-21-34-33-18-10-11-19-35(33)49-38(39(34)60-45)29-13-12-15-31(47)25-29/h6,10-15,18-19,25,30,32,36-37H,2-5,7-9,16-17,20-24,26-28H2,1H3,(H,51,54)(H,52,56)(H2,48,50,57)/t30-,36+,37+,45-,46-/m1/s1. The van der Waals surface area contributed by atoms with Crippen LogP contribution in [0.2, 0.25) is 0 Å². The van der Waals surface area contributed by atoms with E-state index in [1.54, 1.807) is 19.1 Å². The number of carbonyl (C=O) groups excluding carboxylic acids is 4. The molecule has 0 radical (unpaired) electrons. The van der Waals surface area contributed by atoms with Crippen LogP contribution in [0.1, 0.15) is 109 Å². The second-order valence-electron chi connectivity index (χ2n) is 18.5. The fourth-order valence-corrected chi connectivity index (χ4v) is 11.3. The van der Waals surface area contributed by atoms with Crippen LogP contribution < -0.4 is 25.4 Å². The lowest BCUT2D eigenvalue weighted by Crippen LogP contribution is -2.59. The zero-order valence-corrected chi connectivity index (χ0v) is 35.5. The molecule has 2 aromatic carbocycles. The minimum Gasteiger partial charge on any atom is -0.483 e. The predicted molar refractivity (Wildman–Crippen MR) is 227 cm³/mol. The van der Waals surface area contributed by atoms with Crippen LogP contribution in [0.15, 0.2) is 60.7 Å². The number of halogens is 1. The molecule has 3 saturated carbocycles. The number of aromatic nitrogens is 1. The Hall–Kier alpha value is -5.05. The Bertz CT molecular complexity index is 2400. The van der Waals surface area contributed by atoms with Gasteiger partial charge in [-0.2, -0.15) is 0 Å². The first-order chi connectivity index (χ1) is 29.3. The number of nitrogens with zero attached hydrogens (tertiary/aromatic N) is 2. The highest BCUT2D eigenvalue weighted by molar-refractivity contribution is 7.91. The Morgan fingerprint density at radius 1 is 0.934 bits per heavy atom. The van der Waals surface area contributed by atoms with Gasteiger partial charge >= 0.3 is 6.03 Å². The number of fused-ring (bicyclic) bond motifs is 5. The van der Waals surface area contributed by atoms with Gasteiger partial charge in [-0.15, -0.1) is 0 Å². The molecule has 5 amide bonds. The smallest absolute Gasteiger partial charge is 0.315 e. The molecule has 15 heteroatoms. The largest absolute Gasteiger partial charge is 0.483 e. The average molecular weight is 855 g/mol. The molecule has 3 aliphatic heterocycles. The van der Waals surface area contributed by atoms with Crippen molar-refractivity contribution in [2.75, 3.05) is 6.54 Å². The minimum atomic E-state index is -4.02. The number of urea groups is 1. The van der Waals surface area contributed by atoms with Gasteiger partial charge in [0.25, 0.3) is 5.91 Å². The van der Waals surface area contributed by atoms with E-state index in [1.165, 1.54) is 17.0 Å². The van der Waals surface area contributed by atoms with Crippen molar-refractivity contribution in [3.63, 3.8) is 0 Å². The number of rotatable bonds is 6. The van der Waals surface area contributed by atoms with Crippen molar-refractivity contribution in [1.82, 2.24) is 30.6 Å². The van der Waals surface area contributed by atoms with E-state index in [1.807, 2.05) is 36.4 Å². The highest BCUT2D eigenvalue weighted by Crippen LogP contribution is 2.50. The molecule has 1 aromatic heterocycles. The minimum absolute atomic E-state index is 0.00351. The highest BCUT2D eigenvalue weighted by Gasteiger charge is 2.64. The van der Waals surface area contributed by atoms with Crippen LogP contribution in [0, 0.1) is 11.7 Å². The Morgan fingerprint density at radius 2 is 1.70 bits per heavy atom. The lowest BCUT2D eigenvalue weighted by molar-refractivity contribution is -0.141. The second kappa shape index (κ2) is 16.0. The monoisotopic (exact) mass is 854 g/mol. The van der Waals surface area contributed by atoms with E-state index in [9.17, 15) is 27.2 Å². The molecule has 13 nitrogen and oxygen atoms in total. The maximum absolute atomic E-state index is 15.0. The Labute approximate surface area is 356 Å². The number of sulfonamides is 1. The van der Waals surface area contributed by atoms with Gasteiger partial charge in [-0.1, -0.05) is 74.6 Å². The van der Waals surface area contributed by atoms with E-state index in [2.05, 4.69) is 20.7 Å². The van der Waals surface area contributed by atoms with Crippen molar-refractivity contribution in [3.05, 3.63) is 72.1 Å². The molecule has 1 saturated heterocycles. The first-order valence-electron chi connectivity index (χ1n) is 22.1. The number of nitrogens with one attached hydrogen (secondary N) is 4. The number of benzene rings is 2. The molecule has 4 N–H and O–H groups in total. The molecule has 0 bridgehead atoms. The summed E-state index contributed by atoms with van der Waals surface area (Å²) in [5.74, 6) is -2.27. The molecule has 324 valence electrons. The molecule has 6 aliphatic rings. The van der Waals surface area contributed by atoms with Crippen LogP contribution >= 0.6 is 0 Å². The zero-order valence-electron chi connectivity index (χ0n) is 34.6. The number of hydrogen-bond donors (Lipinski definition) is 4. The lowest BCUT2D eigenvalue weighted by Gasteiger charge is -2.37.